The number of carbonyl (C=O) groups is 1. The molecular weight excluding hydrogens is 262 g/mol. The van der Waals surface area contributed by atoms with Gasteiger partial charge in [0, 0.05) is 11.5 Å². The molecule has 0 radical (unpaired) electrons. The third kappa shape index (κ3) is 2.56. The predicted octanol–water partition coefficient (Wildman–Crippen LogP) is 3.63. The Hall–Kier alpha value is -2.86. The van der Waals surface area contributed by atoms with Crippen LogP contribution in [0.3, 0.4) is 0 Å². The zero-order valence-electron chi connectivity index (χ0n) is 11.3. The summed E-state index contributed by atoms with van der Waals surface area (Å²) in [6, 6.07) is 17.2. The summed E-state index contributed by atoms with van der Waals surface area (Å²) >= 11 is 0. The number of rotatable bonds is 3. The molecule has 0 saturated heterocycles. The molecule has 2 aromatic carbocycles. The molecule has 0 bridgehead atoms. The molecule has 1 unspecified atom stereocenters. The van der Waals surface area contributed by atoms with E-state index in [9.17, 15) is 4.79 Å². The van der Waals surface area contributed by atoms with Crippen molar-refractivity contribution < 1.29 is 9.53 Å². The minimum Gasteiger partial charge on any atom is -0.464 e. The molecule has 0 fully saturated rings. The summed E-state index contributed by atoms with van der Waals surface area (Å²) in [6.45, 7) is 0. The lowest BCUT2D eigenvalue weighted by molar-refractivity contribution is 0.105. The molecule has 0 spiro atoms. The maximum Gasteiger partial charge on any atom is 0.265 e. The number of ketones is 1. The number of fused-ring (bicyclic) bond motifs is 1. The fourth-order valence-corrected chi connectivity index (χ4v) is 2.57. The minimum atomic E-state index is -0.569. The van der Waals surface area contributed by atoms with Gasteiger partial charge in [0.25, 0.3) is 5.78 Å². The number of allylic oxidation sites excluding steroid dienone is 1. The summed E-state index contributed by atoms with van der Waals surface area (Å²) in [4.78, 5) is 11.7. The first-order valence-electron chi connectivity index (χ1n) is 6.74. The van der Waals surface area contributed by atoms with Crippen LogP contribution < -0.4 is 4.74 Å². The maximum absolute atomic E-state index is 11.7. The van der Waals surface area contributed by atoms with Crippen molar-refractivity contribution in [3.8, 4) is 11.8 Å². The summed E-state index contributed by atoms with van der Waals surface area (Å²) < 4.78 is 5.49. The lowest BCUT2D eigenvalue weighted by Gasteiger charge is -2.22. The number of Topliss-reactive ketones (excluding diaryl/α,β-unsaturated/α-hetero) is 1. The summed E-state index contributed by atoms with van der Waals surface area (Å²) in [5, 5.41) is 8.82. The molecule has 0 saturated carbocycles. The van der Waals surface area contributed by atoms with E-state index in [4.69, 9.17) is 10.00 Å². The molecule has 102 valence electrons. The summed E-state index contributed by atoms with van der Waals surface area (Å²) in [5.74, 6) is 0.0793. The van der Waals surface area contributed by atoms with Crippen molar-refractivity contribution in [2.45, 2.75) is 12.3 Å². The monoisotopic (exact) mass is 275 g/mol. The Morgan fingerprint density at radius 2 is 1.95 bits per heavy atom. The van der Waals surface area contributed by atoms with Crippen molar-refractivity contribution in [2.75, 3.05) is 0 Å². The van der Waals surface area contributed by atoms with Crippen molar-refractivity contribution in [1.29, 1.82) is 5.26 Å². The molecule has 21 heavy (non-hydrogen) atoms. The molecule has 0 aromatic heterocycles. The van der Waals surface area contributed by atoms with E-state index in [0.29, 0.717) is 11.3 Å². The first kappa shape index (κ1) is 13.1. The van der Waals surface area contributed by atoms with Crippen LogP contribution in [0.1, 0.15) is 27.4 Å². The molecule has 0 aliphatic carbocycles. The normalized spacial score (nSPS) is 15.7. The lowest BCUT2D eigenvalue weighted by Crippen LogP contribution is -2.10. The topological polar surface area (TPSA) is 50.1 Å². The molecule has 0 N–H and O–H groups in total. The number of nitriles is 1. The van der Waals surface area contributed by atoms with Crippen molar-refractivity contribution in [1.82, 2.24) is 0 Å². The first-order chi connectivity index (χ1) is 10.3. The summed E-state index contributed by atoms with van der Waals surface area (Å²) in [5.41, 5.74) is 2.50. The van der Waals surface area contributed by atoms with E-state index >= 15 is 0 Å². The number of hydrogen-bond donors (Lipinski definition) is 0. The summed E-state index contributed by atoms with van der Waals surface area (Å²) in [6.07, 6.45) is 4.41. The molecular formula is C18H13NO2. The van der Waals surface area contributed by atoms with Gasteiger partial charge in [-0.3, -0.25) is 4.79 Å². The lowest BCUT2D eigenvalue weighted by atomic mass is 9.88. The van der Waals surface area contributed by atoms with Crippen molar-refractivity contribution in [3.63, 3.8) is 0 Å². The van der Waals surface area contributed by atoms with E-state index in [2.05, 4.69) is 12.1 Å². The molecule has 1 aliphatic rings. The van der Waals surface area contributed by atoms with Crippen LogP contribution in [0.4, 0.5) is 0 Å². The molecule has 2 aromatic rings. The Morgan fingerprint density at radius 1 is 1.14 bits per heavy atom. The van der Waals surface area contributed by atoms with Gasteiger partial charge in [-0.15, -0.1) is 0 Å². The highest BCUT2D eigenvalue weighted by Gasteiger charge is 2.23. The number of ether oxygens (including phenoxy) is 1. The molecule has 3 nitrogen and oxygen atoms in total. The van der Waals surface area contributed by atoms with Crippen LogP contribution in [0.25, 0.3) is 0 Å². The zero-order valence-corrected chi connectivity index (χ0v) is 11.3. The van der Waals surface area contributed by atoms with E-state index in [1.165, 1.54) is 5.56 Å². The highest BCUT2D eigenvalue weighted by molar-refractivity contribution is 6.09. The number of carbonyl (C=O) groups excluding carboxylic acids is 1. The van der Waals surface area contributed by atoms with Gasteiger partial charge < -0.3 is 4.74 Å². The van der Waals surface area contributed by atoms with Crippen LogP contribution in [0, 0.1) is 11.3 Å². The van der Waals surface area contributed by atoms with E-state index in [-0.39, 0.29) is 5.92 Å². The number of nitrogens with zero attached hydrogens (tertiary/aromatic N) is 1. The second-order valence-corrected chi connectivity index (χ2v) is 4.91. The summed E-state index contributed by atoms with van der Waals surface area (Å²) in [7, 11) is 0. The quantitative estimate of drug-likeness (QED) is 0.635. The maximum atomic E-state index is 11.7. The van der Waals surface area contributed by atoms with Crippen LogP contribution in [0.15, 0.2) is 60.9 Å². The van der Waals surface area contributed by atoms with Crippen LogP contribution in [0.2, 0.25) is 0 Å². The van der Waals surface area contributed by atoms with Gasteiger partial charge in [0.15, 0.2) is 0 Å². The molecule has 1 aliphatic heterocycles. The zero-order chi connectivity index (χ0) is 14.7. The average molecular weight is 275 g/mol. The molecule has 1 heterocycles. The van der Waals surface area contributed by atoms with Gasteiger partial charge in [-0.1, -0.05) is 42.5 Å². The van der Waals surface area contributed by atoms with E-state index in [1.807, 2.05) is 30.3 Å². The Balaban J connectivity index is 1.98. The third-order valence-electron chi connectivity index (χ3n) is 3.59. The van der Waals surface area contributed by atoms with Crippen molar-refractivity contribution in [3.05, 3.63) is 77.6 Å². The van der Waals surface area contributed by atoms with E-state index in [0.717, 1.165) is 12.0 Å². The van der Waals surface area contributed by atoms with Crippen molar-refractivity contribution >= 4 is 5.78 Å². The second kappa shape index (κ2) is 5.64. The Bertz CT molecular complexity index is 742. The van der Waals surface area contributed by atoms with E-state index in [1.54, 1.807) is 24.5 Å². The van der Waals surface area contributed by atoms with Gasteiger partial charge in [0.2, 0.25) is 0 Å². The standard InChI is InChI=1S/C18H13NO2/c19-12-17(20)16-8-4-7-15-14(9-10-21-18(15)16)11-13-5-2-1-3-6-13/h1-10,14H,11H2. The Labute approximate surface area is 123 Å². The largest absolute Gasteiger partial charge is 0.464 e. The molecule has 0 amide bonds. The van der Waals surface area contributed by atoms with Gasteiger partial charge >= 0.3 is 0 Å². The Morgan fingerprint density at radius 3 is 2.71 bits per heavy atom. The van der Waals surface area contributed by atoms with Gasteiger partial charge in [-0.2, -0.15) is 5.26 Å². The van der Waals surface area contributed by atoms with E-state index < -0.39 is 5.78 Å². The highest BCUT2D eigenvalue weighted by atomic mass is 16.5. The van der Waals surface area contributed by atoms with Gasteiger partial charge in [-0.05, 0) is 24.1 Å². The van der Waals surface area contributed by atoms with Gasteiger partial charge in [-0.25, -0.2) is 0 Å². The molecule has 1 atom stereocenters. The highest BCUT2D eigenvalue weighted by Crippen LogP contribution is 2.36. The predicted molar refractivity (Wildman–Crippen MR) is 79.0 cm³/mol. The van der Waals surface area contributed by atoms with Gasteiger partial charge in [0.1, 0.15) is 11.8 Å². The number of benzene rings is 2. The average Bonchev–Trinajstić information content (AvgIpc) is 2.55. The van der Waals surface area contributed by atoms with Crippen LogP contribution in [0.5, 0.6) is 5.75 Å². The van der Waals surface area contributed by atoms with Crippen LogP contribution in [-0.2, 0) is 6.42 Å². The minimum absolute atomic E-state index is 0.141. The fourth-order valence-electron chi connectivity index (χ4n) is 2.57. The smallest absolute Gasteiger partial charge is 0.265 e. The van der Waals surface area contributed by atoms with Crippen LogP contribution >= 0.6 is 0 Å². The van der Waals surface area contributed by atoms with Crippen molar-refractivity contribution in [2.24, 2.45) is 0 Å². The number of para-hydroxylation sites is 1. The fraction of sp³-hybridized carbons (Fsp3) is 0.111. The molecule has 3 heteroatoms. The van der Waals surface area contributed by atoms with Gasteiger partial charge in [0.05, 0.1) is 11.8 Å². The molecule has 3 rings (SSSR count). The SMILES string of the molecule is N#CC(=O)c1cccc2c1OC=CC2Cc1ccccc1. The third-order valence-corrected chi connectivity index (χ3v) is 3.59. The first-order valence-corrected chi connectivity index (χ1v) is 6.74. The Kier molecular flexibility index (Phi) is 3.53. The second-order valence-electron chi connectivity index (χ2n) is 4.91. The van der Waals surface area contributed by atoms with Crippen LogP contribution in [-0.4, -0.2) is 5.78 Å². The number of hydrogen-bond acceptors (Lipinski definition) is 3.